The zero-order chi connectivity index (χ0) is 32.2. The highest BCUT2D eigenvalue weighted by Gasteiger charge is 2.35. The lowest BCUT2D eigenvalue weighted by atomic mass is 9.98. The van der Waals surface area contributed by atoms with E-state index in [-0.39, 0.29) is 24.0 Å². The van der Waals surface area contributed by atoms with Crippen molar-refractivity contribution in [2.75, 3.05) is 63.4 Å². The van der Waals surface area contributed by atoms with Crippen LogP contribution in [0.1, 0.15) is 49.3 Å². The van der Waals surface area contributed by atoms with E-state index in [2.05, 4.69) is 20.9 Å². The van der Waals surface area contributed by atoms with Crippen LogP contribution in [-0.4, -0.2) is 108 Å². The Balaban J connectivity index is 1.10. The van der Waals surface area contributed by atoms with E-state index in [4.69, 9.17) is 17.3 Å². The SMILES string of the molecule is CCc1cc(C[C@@H](NC(=O)N2CCC(N3Cc4ccccc4NC3=O)CC2)C(=O)N2CCC(N3CCNCC3)CC2)cc(Cl)c1N. The van der Waals surface area contributed by atoms with Gasteiger partial charge in [0.15, 0.2) is 0 Å². The summed E-state index contributed by atoms with van der Waals surface area (Å²) in [6.07, 6.45) is 4.27. The van der Waals surface area contributed by atoms with Crippen molar-refractivity contribution in [1.29, 1.82) is 0 Å². The molecule has 11 nitrogen and oxygen atoms in total. The summed E-state index contributed by atoms with van der Waals surface area (Å²) in [6.45, 7) is 9.05. The van der Waals surface area contributed by atoms with E-state index in [1.165, 1.54) is 0 Å². The summed E-state index contributed by atoms with van der Waals surface area (Å²) in [4.78, 5) is 48.7. The number of nitrogens with zero attached hydrogens (tertiary/aromatic N) is 4. The van der Waals surface area contributed by atoms with Crippen molar-refractivity contribution in [2.45, 2.75) is 70.1 Å². The van der Waals surface area contributed by atoms with Gasteiger partial charge >= 0.3 is 12.1 Å². The average molecular weight is 651 g/mol. The number of aryl methyl sites for hydroxylation is 1. The van der Waals surface area contributed by atoms with Crippen LogP contribution >= 0.6 is 11.6 Å². The van der Waals surface area contributed by atoms with Crippen molar-refractivity contribution >= 4 is 40.9 Å². The molecule has 0 aromatic heterocycles. The third-order valence-electron chi connectivity index (χ3n) is 10.2. The summed E-state index contributed by atoms with van der Waals surface area (Å²) in [7, 11) is 0. The number of hydrogen-bond donors (Lipinski definition) is 4. The van der Waals surface area contributed by atoms with Gasteiger partial charge in [0.1, 0.15) is 6.04 Å². The first-order chi connectivity index (χ1) is 22.3. The van der Waals surface area contributed by atoms with Crippen molar-refractivity contribution in [3.63, 3.8) is 0 Å². The summed E-state index contributed by atoms with van der Waals surface area (Å²) >= 11 is 6.49. The third kappa shape index (κ3) is 7.21. The second-order valence-electron chi connectivity index (χ2n) is 13.0. The first-order valence-electron chi connectivity index (χ1n) is 16.8. The normalized spacial score (nSPS) is 20.7. The van der Waals surface area contributed by atoms with Crippen LogP contribution < -0.4 is 21.7 Å². The Kier molecular flexibility index (Phi) is 10.2. The number of piperazine rings is 1. The van der Waals surface area contributed by atoms with Gasteiger partial charge in [-0.2, -0.15) is 0 Å². The lowest BCUT2D eigenvalue weighted by molar-refractivity contribution is -0.134. The number of para-hydroxylation sites is 1. The van der Waals surface area contributed by atoms with Crippen LogP contribution in [0.25, 0.3) is 0 Å². The van der Waals surface area contributed by atoms with Gasteiger partial charge in [0.05, 0.1) is 10.7 Å². The Morgan fingerprint density at radius 3 is 2.37 bits per heavy atom. The zero-order valence-electron chi connectivity index (χ0n) is 26.8. The number of carbonyl (C=O) groups excluding carboxylic acids is 3. The molecular formula is C34H47ClN8O3. The molecule has 2 aromatic rings. The number of fused-ring (bicyclic) bond motifs is 1. The zero-order valence-corrected chi connectivity index (χ0v) is 27.5. The molecule has 0 unspecified atom stereocenters. The highest BCUT2D eigenvalue weighted by Crippen LogP contribution is 2.29. The largest absolute Gasteiger partial charge is 0.397 e. The summed E-state index contributed by atoms with van der Waals surface area (Å²) < 4.78 is 0. The first-order valence-corrected chi connectivity index (χ1v) is 17.2. The smallest absolute Gasteiger partial charge is 0.322 e. The van der Waals surface area contributed by atoms with E-state index in [1.807, 2.05) is 53.1 Å². The molecule has 248 valence electrons. The quantitative estimate of drug-likeness (QED) is 0.340. The van der Waals surface area contributed by atoms with E-state index >= 15 is 0 Å². The van der Waals surface area contributed by atoms with Crippen LogP contribution in [0, 0.1) is 0 Å². The molecule has 3 fully saturated rings. The molecule has 2 aromatic carbocycles. The fourth-order valence-electron chi connectivity index (χ4n) is 7.44. The van der Waals surface area contributed by atoms with Crippen molar-refractivity contribution in [3.05, 3.63) is 58.1 Å². The van der Waals surface area contributed by atoms with Gasteiger partial charge in [-0.15, -0.1) is 0 Å². The van der Waals surface area contributed by atoms with E-state index in [0.29, 0.717) is 68.7 Å². The van der Waals surface area contributed by atoms with Gasteiger partial charge in [-0.3, -0.25) is 9.69 Å². The molecule has 3 saturated heterocycles. The molecule has 1 atom stereocenters. The van der Waals surface area contributed by atoms with Crippen molar-refractivity contribution in [3.8, 4) is 0 Å². The molecule has 12 heteroatoms. The van der Waals surface area contributed by atoms with Crippen LogP contribution in [-0.2, 0) is 24.2 Å². The summed E-state index contributed by atoms with van der Waals surface area (Å²) in [5, 5.41) is 9.99. The topological polar surface area (TPSA) is 126 Å². The second-order valence-corrected chi connectivity index (χ2v) is 13.4. The number of hydrogen-bond acceptors (Lipinski definition) is 6. The van der Waals surface area contributed by atoms with Gasteiger partial charge in [-0.05, 0) is 60.9 Å². The van der Waals surface area contributed by atoms with Crippen LogP contribution in [0.3, 0.4) is 0 Å². The van der Waals surface area contributed by atoms with E-state index in [9.17, 15) is 14.4 Å². The number of anilines is 2. The number of likely N-dealkylation sites (tertiary alicyclic amines) is 2. The van der Waals surface area contributed by atoms with Crippen LogP contribution in [0.4, 0.5) is 21.0 Å². The molecular weight excluding hydrogens is 604 g/mol. The minimum absolute atomic E-state index is 0.0381. The van der Waals surface area contributed by atoms with Crippen molar-refractivity contribution in [1.82, 2.24) is 30.2 Å². The molecule has 0 spiro atoms. The summed E-state index contributed by atoms with van der Waals surface area (Å²) in [5.74, 6) is -0.0587. The van der Waals surface area contributed by atoms with Crippen molar-refractivity contribution < 1.29 is 14.4 Å². The Labute approximate surface area is 276 Å². The molecule has 5 N–H and O–H groups in total. The number of nitrogens with two attached hydrogens (primary N) is 1. The van der Waals surface area contributed by atoms with Gasteiger partial charge in [-0.1, -0.05) is 42.8 Å². The minimum atomic E-state index is -0.727. The maximum atomic E-state index is 14.1. The first kappa shape index (κ1) is 32.4. The predicted octanol–water partition coefficient (Wildman–Crippen LogP) is 3.51. The third-order valence-corrected chi connectivity index (χ3v) is 10.5. The fourth-order valence-corrected chi connectivity index (χ4v) is 7.70. The minimum Gasteiger partial charge on any atom is -0.397 e. The molecule has 0 aliphatic carbocycles. The van der Waals surface area contributed by atoms with Gasteiger partial charge in [0.2, 0.25) is 5.91 Å². The van der Waals surface area contributed by atoms with Gasteiger partial charge < -0.3 is 36.4 Å². The van der Waals surface area contributed by atoms with E-state index in [0.717, 1.165) is 67.8 Å². The number of nitrogens with one attached hydrogen (secondary N) is 3. The summed E-state index contributed by atoms with van der Waals surface area (Å²) in [6, 6.07) is 11.1. The molecule has 4 heterocycles. The lowest BCUT2D eigenvalue weighted by Crippen LogP contribution is -2.58. The number of nitrogen functional groups attached to an aromatic ring is 1. The number of rotatable bonds is 7. The summed E-state index contributed by atoms with van der Waals surface area (Å²) in [5.41, 5.74) is 10.5. The molecule has 4 aliphatic heterocycles. The number of amides is 5. The molecule has 0 radical (unpaired) electrons. The predicted molar refractivity (Wildman–Crippen MR) is 181 cm³/mol. The van der Waals surface area contributed by atoms with Gasteiger partial charge in [-0.25, -0.2) is 9.59 Å². The van der Waals surface area contributed by atoms with E-state index < -0.39 is 6.04 Å². The lowest BCUT2D eigenvalue weighted by Gasteiger charge is -2.42. The number of urea groups is 2. The van der Waals surface area contributed by atoms with Crippen LogP contribution in [0.5, 0.6) is 0 Å². The molecule has 5 amide bonds. The van der Waals surface area contributed by atoms with E-state index in [1.54, 1.807) is 4.90 Å². The molecule has 6 rings (SSSR count). The number of halogens is 1. The van der Waals surface area contributed by atoms with Gasteiger partial charge in [0, 0.05) is 83.1 Å². The second kappa shape index (κ2) is 14.5. The molecule has 46 heavy (non-hydrogen) atoms. The van der Waals surface area contributed by atoms with Crippen molar-refractivity contribution in [2.24, 2.45) is 0 Å². The number of piperidine rings is 2. The molecule has 0 saturated carbocycles. The fraction of sp³-hybridized carbons (Fsp3) is 0.559. The Hall–Kier alpha value is -3.54. The number of benzene rings is 2. The molecule has 0 bridgehead atoms. The maximum absolute atomic E-state index is 14.1. The standard InChI is InChI=1S/C34H47ClN8O3/c1-2-24-19-23(20-28(35)31(24)36)21-30(32(44)41-13-7-26(8-14-41)40-17-11-37-12-18-40)39-33(45)42-15-9-27(10-16-42)43-22-25-5-3-4-6-29(25)38-34(43)46/h3-6,19-20,26-27,30,37H,2,7-18,21-22,36H2,1H3,(H,38,46)(H,39,45)/t30-/m1/s1. The van der Waals surface area contributed by atoms with Crippen LogP contribution in [0.15, 0.2) is 36.4 Å². The highest BCUT2D eigenvalue weighted by atomic mass is 35.5. The number of carbonyl (C=O) groups is 3. The Bertz CT molecular complexity index is 1420. The van der Waals surface area contributed by atoms with Crippen LogP contribution in [0.2, 0.25) is 5.02 Å². The average Bonchev–Trinajstić information content (AvgIpc) is 3.09. The molecule has 4 aliphatic rings. The maximum Gasteiger partial charge on any atom is 0.322 e. The Morgan fingerprint density at radius 1 is 0.978 bits per heavy atom. The van der Waals surface area contributed by atoms with Gasteiger partial charge in [0.25, 0.3) is 0 Å². The monoisotopic (exact) mass is 650 g/mol. The highest BCUT2D eigenvalue weighted by molar-refractivity contribution is 6.33. The Morgan fingerprint density at radius 2 is 1.65 bits per heavy atom.